The van der Waals surface area contributed by atoms with E-state index in [1.807, 2.05) is 49.1 Å². The lowest BCUT2D eigenvalue weighted by atomic mass is 10.0. The standard InChI is InChI=1S/C16H25NO2/c1-6-13(2)17(15(18)16(3,4)19-5)12-14-10-8-7-9-11-14/h7-11,13H,6,12H2,1-5H3. The van der Waals surface area contributed by atoms with E-state index in [9.17, 15) is 4.79 Å². The topological polar surface area (TPSA) is 29.5 Å². The Bertz CT molecular complexity index is 400. The third-order valence-electron chi connectivity index (χ3n) is 3.60. The average molecular weight is 263 g/mol. The van der Waals surface area contributed by atoms with Gasteiger partial charge in [0.1, 0.15) is 5.60 Å². The number of carbonyl (C=O) groups excluding carboxylic acids is 1. The van der Waals surface area contributed by atoms with Crippen LogP contribution in [0.15, 0.2) is 30.3 Å². The van der Waals surface area contributed by atoms with Crippen LogP contribution in [0.25, 0.3) is 0 Å². The summed E-state index contributed by atoms with van der Waals surface area (Å²) in [6.07, 6.45) is 0.929. The number of hydrogen-bond donors (Lipinski definition) is 0. The molecule has 0 aromatic heterocycles. The van der Waals surface area contributed by atoms with E-state index in [0.717, 1.165) is 12.0 Å². The van der Waals surface area contributed by atoms with Crippen molar-refractivity contribution in [1.29, 1.82) is 0 Å². The van der Waals surface area contributed by atoms with Crippen LogP contribution in [-0.2, 0) is 16.1 Å². The fourth-order valence-electron chi connectivity index (χ4n) is 1.86. The number of amides is 1. The normalized spacial score (nSPS) is 13.1. The van der Waals surface area contributed by atoms with Gasteiger partial charge in [0.2, 0.25) is 0 Å². The highest BCUT2D eigenvalue weighted by molar-refractivity contribution is 5.84. The third-order valence-corrected chi connectivity index (χ3v) is 3.60. The first-order chi connectivity index (χ1) is 8.92. The predicted octanol–water partition coefficient (Wildman–Crippen LogP) is 3.24. The lowest BCUT2D eigenvalue weighted by Crippen LogP contribution is -2.49. The summed E-state index contributed by atoms with van der Waals surface area (Å²) in [5.74, 6) is 0.0354. The van der Waals surface area contributed by atoms with Crippen LogP contribution in [0.4, 0.5) is 0 Å². The molecule has 1 atom stereocenters. The molecule has 0 bridgehead atoms. The molecule has 0 aliphatic heterocycles. The molecular formula is C16H25NO2. The van der Waals surface area contributed by atoms with E-state index in [0.29, 0.717) is 6.54 Å². The summed E-state index contributed by atoms with van der Waals surface area (Å²) in [7, 11) is 1.58. The fraction of sp³-hybridized carbons (Fsp3) is 0.562. The molecule has 0 fully saturated rings. The van der Waals surface area contributed by atoms with E-state index in [-0.39, 0.29) is 11.9 Å². The Kier molecular flexibility index (Phi) is 5.55. The van der Waals surface area contributed by atoms with Gasteiger partial charge in [0, 0.05) is 19.7 Å². The summed E-state index contributed by atoms with van der Waals surface area (Å²) >= 11 is 0. The summed E-state index contributed by atoms with van der Waals surface area (Å²) in [6, 6.07) is 10.3. The summed E-state index contributed by atoms with van der Waals surface area (Å²) < 4.78 is 5.32. The van der Waals surface area contributed by atoms with Gasteiger partial charge in [0.25, 0.3) is 5.91 Å². The molecule has 0 aliphatic rings. The number of carbonyl (C=O) groups is 1. The largest absolute Gasteiger partial charge is 0.369 e. The number of benzene rings is 1. The van der Waals surface area contributed by atoms with Crippen LogP contribution in [0.1, 0.15) is 39.7 Å². The molecule has 19 heavy (non-hydrogen) atoms. The Labute approximate surface area is 116 Å². The van der Waals surface area contributed by atoms with E-state index >= 15 is 0 Å². The molecule has 0 aliphatic carbocycles. The van der Waals surface area contributed by atoms with Crippen molar-refractivity contribution in [3.05, 3.63) is 35.9 Å². The second-order valence-corrected chi connectivity index (χ2v) is 5.39. The van der Waals surface area contributed by atoms with Crippen molar-refractivity contribution in [3.63, 3.8) is 0 Å². The van der Waals surface area contributed by atoms with E-state index < -0.39 is 5.60 Å². The van der Waals surface area contributed by atoms with Crippen LogP contribution >= 0.6 is 0 Å². The van der Waals surface area contributed by atoms with Crippen molar-refractivity contribution >= 4 is 5.91 Å². The van der Waals surface area contributed by atoms with E-state index in [1.165, 1.54) is 0 Å². The fourth-order valence-corrected chi connectivity index (χ4v) is 1.86. The molecular weight excluding hydrogens is 238 g/mol. The van der Waals surface area contributed by atoms with Crippen molar-refractivity contribution in [2.45, 2.75) is 52.3 Å². The number of ether oxygens (including phenoxy) is 1. The van der Waals surface area contributed by atoms with Gasteiger partial charge in [-0.05, 0) is 32.8 Å². The van der Waals surface area contributed by atoms with Crippen molar-refractivity contribution in [1.82, 2.24) is 4.90 Å². The highest BCUT2D eigenvalue weighted by Crippen LogP contribution is 2.19. The molecule has 0 heterocycles. The zero-order chi connectivity index (χ0) is 14.5. The van der Waals surface area contributed by atoms with Crippen molar-refractivity contribution < 1.29 is 9.53 Å². The van der Waals surface area contributed by atoms with Crippen molar-refractivity contribution in [2.24, 2.45) is 0 Å². The molecule has 0 saturated heterocycles. The van der Waals surface area contributed by atoms with Gasteiger partial charge in [-0.2, -0.15) is 0 Å². The van der Waals surface area contributed by atoms with E-state index in [1.54, 1.807) is 7.11 Å². The molecule has 3 heteroatoms. The van der Waals surface area contributed by atoms with Gasteiger partial charge in [-0.3, -0.25) is 4.79 Å². The van der Waals surface area contributed by atoms with Gasteiger partial charge in [-0.15, -0.1) is 0 Å². The zero-order valence-electron chi connectivity index (χ0n) is 12.6. The summed E-state index contributed by atoms with van der Waals surface area (Å²) in [6.45, 7) is 8.43. The second-order valence-electron chi connectivity index (χ2n) is 5.39. The number of nitrogens with zero attached hydrogens (tertiary/aromatic N) is 1. The smallest absolute Gasteiger partial charge is 0.254 e. The van der Waals surface area contributed by atoms with Crippen molar-refractivity contribution in [3.8, 4) is 0 Å². The van der Waals surface area contributed by atoms with Gasteiger partial charge < -0.3 is 9.64 Å². The number of rotatable bonds is 6. The van der Waals surface area contributed by atoms with Crippen LogP contribution in [0.3, 0.4) is 0 Å². The number of hydrogen-bond acceptors (Lipinski definition) is 2. The maximum absolute atomic E-state index is 12.6. The summed E-state index contributed by atoms with van der Waals surface area (Å²) in [4.78, 5) is 14.5. The Hall–Kier alpha value is -1.35. The first kappa shape index (κ1) is 15.7. The molecule has 1 unspecified atom stereocenters. The van der Waals surface area contributed by atoms with E-state index in [2.05, 4.69) is 13.8 Å². The monoisotopic (exact) mass is 263 g/mol. The Morgan fingerprint density at radius 2 is 1.89 bits per heavy atom. The maximum atomic E-state index is 12.6. The van der Waals surface area contributed by atoms with Gasteiger partial charge in [0.15, 0.2) is 0 Å². The molecule has 0 spiro atoms. The molecule has 0 radical (unpaired) electrons. The van der Waals surface area contributed by atoms with Crippen LogP contribution in [0.2, 0.25) is 0 Å². The van der Waals surface area contributed by atoms with Gasteiger partial charge in [-0.1, -0.05) is 37.3 Å². The Morgan fingerprint density at radius 3 is 2.37 bits per heavy atom. The molecule has 1 aromatic rings. The van der Waals surface area contributed by atoms with Gasteiger partial charge in [-0.25, -0.2) is 0 Å². The SMILES string of the molecule is CCC(C)N(Cc1ccccc1)C(=O)C(C)(C)OC. The predicted molar refractivity (Wildman–Crippen MR) is 77.8 cm³/mol. The van der Waals surface area contributed by atoms with Gasteiger partial charge >= 0.3 is 0 Å². The van der Waals surface area contributed by atoms with Crippen LogP contribution in [0.5, 0.6) is 0 Å². The summed E-state index contributed by atoms with van der Waals surface area (Å²) in [5, 5.41) is 0. The molecule has 1 rings (SSSR count). The van der Waals surface area contributed by atoms with Crippen LogP contribution in [0, 0.1) is 0 Å². The second kappa shape index (κ2) is 6.71. The highest BCUT2D eigenvalue weighted by atomic mass is 16.5. The highest BCUT2D eigenvalue weighted by Gasteiger charge is 2.33. The average Bonchev–Trinajstić information content (AvgIpc) is 2.44. The quantitative estimate of drug-likeness (QED) is 0.788. The minimum absolute atomic E-state index is 0.0354. The van der Waals surface area contributed by atoms with Crippen LogP contribution in [-0.4, -0.2) is 29.6 Å². The van der Waals surface area contributed by atoms with E-state index in [4.69, 9.17) is 4.74 Å². The Morgan fingerprint density at radius 1 is 1.32 bits per heavy atom. The number of methoxy groups -OCH3 is 1. The molecule has 0 saturated carbocycles. The maximum Gasteiger partial charge on any atom is 0.254 e. The zero-order valence-corrected chi connectivity index (χ0v) is 12.6. The molecule has 0 N–H and O–H groups in total. The lowest BCUT2D eigenvalue weighted by Gasteiger charge is -2.35. The first-order valence-corrected chi connectivity index (χ1v) is 6.82. The minimum atomic E-state index is -0.780. The Balaban J connectivity index is 2.93. The summed E-state index contributed by atoms with van der Waals surface area (Å²) in [5.41, 5.74) is 0.362. The molecule has 1 aromatic carbocycles. The van der Waals surface area contributed by atoms with Gasteiger partial charge in [0.05, 0.1) is 0 Å². The third kappa shape index (κ3) is 4.06. The minimum Gasteiger partial charge on any atom is -0.369 e. The van der Waals surface area contributed by atoms with Crippen LogP contribution < -0.4 is 0 Å². The first-order valence-electron chi connectivity index (χ1n) is 6.82. The molecule has 1 amide bonds. The lowest BCUT2D eigenvalue weighted by molar-refractivity contribution is -0.154. The molecule has 3 nitrogen and oxygen atoms in total. The van der Waals surface area contributed by atoms with Crippen molar-refractivity contribution in [2.75, 3.05) is 7.11 Å². The molecule has 106 valence electrons.